The van der Waals surface area contributed by atoms with Crippen molar-refractivity contribution in [1.29, 1.82) is 0 Å². The summed E-state index contributed by atoms with van der Waals surface area (Å²) in [5, 5.41) is 6.41. The number of nitrogens with one attached hydrogen (secondary N) is 2. The number of hydrogen-bond donors (Lipinski definition) is 2. The fourth-order valence-electron chi connectivity index (χ4n) is 2.85. The summed E-state index contributed by atoms with van der Waals surface area (Å²) in [5.41, 5.74) is 0. The summed E-state index contributed by atoms with van der Waals surface area (Å²) in [5.74, 6) is 0.194. The van der Waals surface area contributed by atoms with Crippen LogP contribution in [0.4, 0.5) is 0 Å². The van der Waals surface area contributed by atoms with Crippen LogP contribution in [0.15, 0.2) is 0 Å². The number of amides is 1. The van der Waals surface area contributed by atoms with Crippen LogP contribution in [0, 0.1) is 0 Å². The standard InChI is InChI=1S/C17H35N3O/c1-3-4-5-6-7-8-9-10-11-19-17(21)16(2)20-14-12-18-13-15-20/h16,18H,3-15H2,1-2H3,(H,19,21). The van der Waals surface area contributed by atoms with Gasteiger partial charge in [-0.2, -0.15) is 0 Å². The molecular weight excluding hydrogens is 262 g/mol. The third-order valence-electron chi connectivity index (χ3n) is 4.41. The summed E-state index contributed by atoms with van der Waals surface area (Å²) in [6.45, 7) is 9.06. The molecule has 0 spiro atoms. The average molecular weight is 297 g/mol. The lowest BCUT2D eigenvalue weighted by atomic mass is 10.1. The molecule has 1 amide bonds. The number of carbonyl (C=O) groups excluding carboxylic acids is 1. The largest absolute Gasteiger partial charge is 0.355 e. The van der Waals surface area contributed by atoms with E-state index in [-0.39, 0.29) is 11.9 Å². The van der Waals surface area contributed by atoms with Gasteiger partial charge in [0.15, 0.2) is 0 Å². The minimum absolute atomic E-state index is 0.0149. The van der Waals surface area contributed by atoms with Crippen molar-refractivity contribution < 1.29 is 4.79 Å². The third-order valence-corrected chi connectivity index (χ3v) is 4.41. The van der Waals surface area contributed by atoms with E-state index in [0.717, 1.165) is 39.1 Å². The first-order valence-electron chi connectivity index (χ1n) is 8.98. The van der Waals surface area contributed by atoms with Crippen LogP contribution < -0.4 is 10.6 Å². The van der Waals surface area contributed by atoms with Gasteiger partial charge in [-0.05, 0) is 13.3 Å². The van der Waals surface area contributed by atoms with Gasteiger partial charge in [0.1, 0.15) is 0 Å². The average Bonchev–Trinajstić information content (AvgIpc) is 2.53. The van der Waals surface area contributed by atoms with E-state index >= 15 is 0 Å². The van der Waals surface area contributed by atoms with Gasteiger partial charge in [0, 0.05) is 32.7 Å². The second kappa shape index (κ2) is 12.0. The molecule has 0 radical (unpaired) electrons. The normalized spacial score (nSPS) is 17.6. The fourth-order valence-corrected chi connectivity index (χ4v) is 2.85. The van der Waals surface area contributed by atoms with Crippen molar-refractivity contribution in [2.24, 2.45) is 0 Å². The van der Waals surface area contributed by atoms with Crippen LogP contribution in [0.5, 0.6) is 0 Å². The Hall–Kier alpha value is -0.610. The van der Waals surface area contributed by atoms with Crippen LogP contribution in [0.3, 0.4) is 0 Å². The molecule has 124 valence electrons. The second-order valence-electron chi connectivity index (χ2n) is 6.23. The molecule has 1 unspecified atom stereocenters. The van der Waals surface area contributed by atoms with Crippen LogP contribution in [-0.2, 0) is 4.79 Å². The number of hydrogen-bond acceptors (Lipinski definition) is 3. The molecule has 1 heterocycles. The van der Waals surface area contributed by atoms with Crippen LogP contribution in [0.2, 0.25) is 0 Å². The van der Waals surface area contributed by atoms with E-state index in [1.807, 2.05) is 6.92 Å². The summed E-state index contributed by atoms with van der Waals surface area (Å²) in [6.07, 6.45) is 10.5. The van der Waals surface area contributed by atoms with Gasteiger partial charge in [-0.3, -0.25) is 9.69 Å². The first-order valence-corrected chi connectivity index (χ1v) is 8.98. The molecule has 0 aromatic carbocycles. The second-order valence-corrected chi connectivity index (χ2v) is 6.23. The lowest BCUT2D eigenvalue weighted by Crippen LogP contribution is -2.52. The van der Waals surface area contributed by atoms with E-state index in [4.69, 9.17) is 0 Å². The van der Waals surface area contributed by atoms with Gasteiger partial charge in [0.05, 0.1) is 6.04 Å². The molecule has 1 aliphatic rings. The van der Waals surface area contributed by atoms with E-state index in [9.17, 15) is 4.79 Å². The molecule has 0 aromatic heterocycles. The first-order chi connectivity index (χ1) is 10.3. The minimum Gasteiger partial charge on any atom is -0.355 e. The maximum absolute atomic E-state index is 12.1. The summed E-state index contributed by atoms with van der Waals surface area (Å²) in [4.78, 5) is 14.3. The van der Waals surface area contributed by atoms with Gasteiger partial charge in [-0.15, -0.1) is 0 Å². The Morgan fingerprint density at radius 2 is 1.62 bits per heavy atom. The van der Waals surface area contributed by atoms with Crippen LogP contribution in [-0.4, -0.2) is 49.6 Å². The molecule has 1 aliphatic heterocycles. The Labute approximate surface area is 131 Å². The Morgan fingerprint density at radius 1 is 1.05 bits per heavy atom. The van der Waals surface area contributed by atoms with E-state index in [0.29, 0.717) is 0 Å². The predicted molar refractivity (Wildman–Crippen MR) is 89.5 cm³/mol. The SMILES string of the molecule is CCCCCCCCCCNC(=O)C(C)N1CCNCC1. The van der Waals surface area contributed by atoms with Crippen LogP contribution in [0.1, 0.15) is 65.2 Å². The predicted octanol–water partition coefficient (Wildman–Crippen LogP) is 2.54. The lowest BCUT2D eigenvalue weighted by molar-refractivity contribution is -0.126. The lowest BCUT2D eigenvalue weighted by Gasteiger charge is -2.31. The number of nitrogens with zero attached hydrogens (tertiary/aromatic N) is 1. The van der Waals surface area contributed by atoms with Crippen molar-refractivity contribution in [1.82, 2.24) is 15.5 Å². The van der Waals surface area contributed by atoms with Crippen molar-refractivity contribution >= 4 is 5.91 Å². The molecule has 1 rings (SSSR count). The zero-order valence-electron chi connectivity index (χ0n) is 14.1. The molecule has 1 saturated heterocycles. The molecule has 1 atom stereocenters. The van der Waals surface area contributed by atoms with Crippen molar-refractivity contribution in [3.63, 3.8) is 0 Å². The topological polar surface area (TPSA) is 44.4 Å². The highest BCUT2D eigenvalue weighted by Gasteiger charge is 2.21. The summed E-state index contributed by atoms with van der Waals surface area (Å²) in [7, 11) is 0. The van der Waals surface area contributed by atoms with Gasteiger partial charge in [-0.1, -0.05) is 51.9 Å². The highest BCUT2D eigenvalue weighted by atomic mass is 16.2. The number of carbonyl (C=O) groups is 1. The molecule has 0 aromatic rings. The van der Waals surface area contributed by atoms with Gasteiger partial charge < -0.3 is 10.6 Å². The van der Waals surface area contributed by atoms with E-state index in [1.165, 1.54) is 44.9 Å². The summed E-state index contributed by atoms with van der Waals surface area (Å²) < 4.78 is 0. The minimum atomic E-state index is 0.0149. The van der Waals surface area contributed by atoms with E-state index < -0.39 is 0 Å². The summed E-state index contributed by atoms with van der Waals surface area (Å²) in [6, 6.07) is 0.0149. The number of rotatable bonds is 11. The maximum Gasteiger partial charge on any atom is 0.237 e. The van der Waals surface area contributed by atoms with Gasteiger partial charge >= 0.3 is 0 Å². The monoisotopic (exact) mass is 297 g/mol. The Bertz CT molecular complexity index is 265. The highest BCUT2D eigenvalue weighted by Crippen LogP contribution is 2.08. The molecule has 1 fully saturated rings. The van der Waals surface area contributed by atoms with E-state index in [1.54, 1.807) is 0 Å². The number of unbranched alkanes of at least 4 members (excludes halogenated alkanes) is 7. The molecular formula is C17H35N3O. The first kappa shape index (κ1) is 18.4. The zero-order valence-corrected chi connectivity index (χ0v) is 14.1. The quantitative estimate of drug-likeness (QED) is 0.576. The van der Waals surface area contributed by atoms with Crippen LogP contribution >= 0.6 is 0 Å². The van der Waals surface area contributed by atoms with Gasteiger partial charge in [0.25, 0.3) is 0 Å². The Kier molecular flexibility index (Phi) is 10.5. The van der Waals surface area contributed by atoms with Crippen LogP contribution in [0.25, 0.3) is 0 Å². The molecule has 0 aliphatic carbocycles. The fraction of sp³-hybridized carbons (Fsp3) is 0.941. The molecule has 21 heavy (non-hydrogen) atoms. The maximum atomic E-state index is 12.1. The zero-order chi connectivity index (χ0) is 15.3. The van der Waals surface area contributed by atoms with Crippen molar-refractivity contribution in [2.45, 2.75) is 71.3 Å². The number of piperazine rings is 1. The molecule has 0 saturated carbocycles. The van der Waals surface area contributed by atoms with E-state index in [2.05, 4.69) is 22.5 Å². The molecule has 2 N–H and O–H groups in total. The smallest absolute Gasteiger partial charge is 0.237 e. The molecule has 4 heteroatoms. The molecule has 4 nitrogen and oxygen atoms in total. The van der Waals surface area contributed by atoms with Gasteiger partial charge in [-0.25, -0.2) is 0 Å². The van der Waals surface area contributed by atoms with Crippen molar-refractivity contribution in [3.05, 3.63) is 0 Å². The summed E-state index contributed by atoms with van der Waals surface area (Å²) >= 11 is 0. The van der Waals surface area contributed by atoms with Gasteiger partial charge in [0.2, 0.25) is 5.91 Å². The van der Waals surface area contributed by atoms with Crippen molar-refractivity contribution in [2.75, 3.05) is 32.7 Å². The molecule has 0 bridgehead atoms. The van der Waals surface area contributed by atoms with Crippen molar-refractivity contribution in [3.8, 4) is 0 Å². The Morgan fingerprint density at radius 3 is 2.24 bits per heavy atom. The third kappa shape index (κ3) is 8.42. The highest BCUT2D eigenvalue weighted by molar-refractivity contribution is 5.81. The Balaban J connectivity index is 1.95.